The topological polar surface area (TPSA) is 89.5 Å². The molecule has 0 radical (unpaired) electrons. The van der Waals surface area contributed by atoms with Crippen LogP contribution in [0.3, 0.4) is 0 Å². The second-order valence-electron chi connectivity index (χ2n) is 9.88. The van der Waals surface area contributed by atoms with E-state index in [1.165, 1.54) is 10.9 Å². The number of thiophene rings is 1. The van der Waals surface area contributed by atoms with E-state index >= 15 is 0 Å². The van der Waals surface area contributed by atoms with Crippen LogP contribution in [0, 0.1) is 37.8 Å². The van der Waals surface area contributed by atoms with E-state index in [1.807, 2.05) is 64.1 Å². The van der Waals surface area contributed by atoms with Gasteiger partial charge in [-0.15, -0.1) is 11.3 Å². The summed E-state index contributed by atoms with van der Waals surface area (Å²) in [7, 11) is 0. The maximum absolute atomic E-state index is 13.7. The molecule has 1 amide bonds. The van der Waals surface area contributed by atoms with Crippen molar-refractivity contribution < 1.29 is 9.72 Å². The fraction of sp³-hybridized carbons (Fsp3) is 0.267. The third kappa shape index (κ3) is 4.91. The first-order chi connectivity index (χ1) is 18.2. The third-order valence-electron chi connectivity index (χ3n) is 7.03. The predicted molar refractivity (Wildman–Crippen MR) is 154 cm³/mol. The van der Waals surface area contributed by atoms with Gasteiger partial charge in [0.05, 0.1) is 10.5 Å². The van der Waals surface area contributed by atoms with Gasteiger partial charge in [-0.3, -0.25) is 14.9 Å². The number of nitrogens with one attached hydrogen (secondary N) is 1. The molecule has 2 heterocycles. The SMILES string of the molecule is Cc1ccc(NC(=O)c2c(-n3c(C)cc(C=Nc4ccc(C)cc4[N+](=O)[O-])c3C)sc3c2CCCC3)cc1. The summed E-state index contributed by atoms with van der Waals surface area (Å²) >= 11 is 1.69. The van der Waals surface area contributed by atoms with Gasteiger partial charge in [0.15, 0.2) is 0 Å². The lowest BCUT2D eigenvalue weighted by atomic mass is 9.95. The number of nitrogens with zero attached hydrogens (tertiary/aromatic N) is 3. The molecule has 0 saturated heterocycles. The van der Waals surface area contributed by atoms with Crippen molar-refractivity contribution in [1.29, 1.82) is 0 Å². The number of rotatable bonds is 6. The van der Waals surface area contributed by atoms with E-state index in [2.05, 4.69) is 14.9 Å². The van der Waals surface area contributed by atoms with E-state index in [0.29, 0.717) is 5.69 Å². The molecular formula is C30H30N4O3S. The minimum atomic E-state index is -0.405. The number of nitro benzene ring substituents is 1. The van der Waals surface area contributed by atoms with Gasteiger partial charge in [0.1, 0.15) is 10.7 Å². The van der Waals surface area contributed by atoms with Gasteiger partial charge in [-0.05, 0) is 88.8 Å². The number of fused-ring (bicyclic) bond motifs is 1. The number of anilines is 1. The van der Waals surface area contributed by atoms with Crippen LogP contribution in [0.25, 0.3) is 5.00 Å². The van der Waals surface area contributed by atoms with Crippen molar-refractivity contribution in [3.05, 3.63) is 103 Å². The number of carbonyl (C=O) groups excluding carboxylic acids is 1. The Morgan fingerprint density at radius 1 is 1.03 bits per heavy atom. The summed E-state index contributed by atoms with van der Waals surface area (Å²) in [5.41, 5.74) is 7.68. The molecule has 0 aliphatic heterocycles. The Morgan fingerprint density at radius 3 is 2.47 bits per heavy atom. The number of benzene rings is 2. The molecule has 1 aliphatic carbocycles. The number of nitro groups is 1. The van der Waals surface area contributed by atoms with Gasteiger partial charge in [0.25, 0.3) is 11.6 Å². The summed E-state index contributed by atoms with van der Waals surface area (Å²) < 4.78 is 2.12. The Labute approximate surface area is 226 Å². The van der Waals surface area contributed by atoms with Gasteiger partial charge in [-0.25, -0.2) is 4.99 Å². The zero-order valence-corrected chi connectivity index (χ0v) is 22.8. The van der Waals surface area contributed by atoms with E-state index in [4.69, 9.17) is 0 Å². The number of aryl methyl sites for hydroxylation is 4. The van der Waals surface area contributed by atoms with Crippen molar-refractivity contribution in [2.45, 2.75) is 53.4 Å². The van der Waals surface area contributed by atoms with Crippen molar-refractivity contribution in [3.63, 3.8) is 0 Å². The standard InChI is InChI=1S/C30H30N4O3S/c1-18-9-12-23(13-10-18)32-29(35)28-24-7-5-6-8-27(24)38-30(28)33-20(3)16-22(21(33)4)17-31-25-14-11-19(2)15-26(25)34(36)37/h9-17H,5-8H2,1-4H3,(H,32,35). The Balaban J connectivity index is 1.55. The molecule has 2 aromatic carbocycles. The van der Waals surface area contributed by atoms with Crippen LogP contribution >= 0.6 is 11.3 Å². The average Bonchev–Trinajstić information content (AvgIpc) is 3.40. The summed E-state index contributed by atoms with van der Waals surface area (Å²) in [5.74, 6) is -0.0961. The summed E-state index contributed by atoms with van der Waals surface area (Å²) in [6.07, 6.45) is 5.76. The van der Waals surface area contributed by atoms with Crippen LogP contribution in [0.1, 0.15) is 61.7 Å². The molecule has 0 bridgehead atoms. The van der Waals surface area contributed by atoms with Gasteiger partial charge in [-0.2, -0.15) is 0 Å². The fourth-order valence-electron chi connectivity index (χ4n) is 5.03. The molecule has 0 atom stereocenters. The average molecular weight is 527 g/mol. The van der Waals surface area contributed by atoms with Gasteiger partial charge in [0.2, 0.25) is 0 Å². The molecule has 38 heavy (non-hydrogen) atoms. The quantitative estimate of drug-likeness (QED) is 0.160. The minimum Gasteiger partial charge on any atom is -0.322 e. The van der Waals surface area contributed by atoms with Gasteiger partial charge in [0, 0.05) is 39.8 Å². The van der Waals surface area contributed by atoms with Crippen LogP contribution in [0.4, 0.5) is 17.1 Å². The fourth-order valence-corrected chi connectivity index (χ4v) is 6.53. The molecule has 7 nitrogen and oxygen atoms in total. The monoisotopic (exact) mass is 526 g/mol. The normalized spacial score (nSPS) is 13.1. The highest BCUT2D eigenvalue weighted by Crippen LogP contribution is 2.39. The number of hydrogen-bond donors (Lipinski definition) is 1. The molecule has 194 valence electrons. The zero-order valence-electron chi connectivity index (χ0n) is 22.0. The zero-order chi connectivity index (χ0) is 27.0. The molecular weight excluding hydrogens is 496 g/mol. The molecule has 0 saturated carbocycles. The van der Waals surface area contributed by atoms with E-state index < -0.39 is 4.92 Å². The highest BCUT2D eigenvalue weighted by molar-refractivity contribution is 7.15. The summed E-state index contributed by atoms with van der Waals surface area (Å²) in [6, 6.07) is 14.9. The van der Waals surface area contributed by atoms with Gasteiger partial charge in [-0.1, -0.05) is 23.8 Å². The van der Waals surface area contributed by atoms with Crippen molar-refractivity contribution in [2.75, 3.05) is 5.32 Å². The number of carbonyl (C=O) groups is 1. The Kier molecular flexibility index (Phi) is 6.99. The highest BCUT2D eigenvalue weighted by Gasteiger charge is 2.28. The molecule has 0 spiro atoms. The van der Waals surface area contributed by atoms with Crippen LogP contribution in [-0.4, -0.2) is 21.6 Å². The molecule has 4 aromatic rings. The maximum atomic E-state index is 13.7. The second kappa shape index (κ2) is 10.4. The number of hydrogen-bond acceptors (Lipinski definition) is 5. The van der Waals surface area contributed by atoms with Crippen LogP contribution in [0.2, 0.25) is 0 Å². The van der Waals surface area contributed by atoms with Crippen LogP contribution in [-0.2, 0) is 12.8 Å². The van der Waals surface area contributed by atoms with E-state index in [9.17, 15) is 14.9 Å². The van der Waals surface area contributed by atoms with Crippen LogP contribution in [0.15, 0.2) is 53.5 Å². The Hall–Kier alpha value is -4.04. The lowest BCUT2D eigenvalue weighted by molar-refractivity contribution is -0.384. The molecule has 1 aliphatic rings. The molecule has 0 fully saturated rings. The summed E-state index contributed by atoms with van der Waals surface area (Å²) in [4.78, 5) is 30.6. The smallest absolute Gasteiger partial charge is 0.295 e. The molecule has 8 heteroatoms. The van der Waals surface area contributed by atoms with E-state index in [1.54, 1.807) is 23.6 Å². The number of aromatic nitrogens is 1. The second-order valence-corrected chi connectivity index (χ2v) is 11.0. The first-order valence-electron chi connectivity index (χ1n) is 12.7. The molecule has 5 rings (SSSR count). The highest BCUT2D eigenvalue weighted by atomic mass is 32.1. The summed E-state index contributed by atoms with van der Waals surface area (Å²) in [6.45, 7) is 7.85. The van der Waals surface area contributed by atoms with Gasteiger partial charge >= 0.3 is 0 Å². The first kappa shape index (κ1) is 25.6. The van der Waals surface area contributed by atoms with Crippen LogP contribution < -0.4 is 5.32 Å². The molecule has 0 unspecified atom stereocenters. The third-order valence-corrected chi connectivity index (χ3v) is 8.31. The van der Waals surface area contributed by atoms with Crippen molar-refractivity contribution in [1.82, 2.24) is 4.57 Å². The molecule has 1 N–H and O–H groups in total. The minimum absolute atomic E-state index is 0.0175. The lowest BCUT2D eigenvalue weighted by Crippen LogP contribution is -2.17. The van der Waals surface area contributed by atoms with Crippen LogP contribution in [0.5, 0.6) is 0 Å². The largest absolute Gasteiger partial charge is 0.322 e. The number of amides is 1. The van der Waals surface area contributed by atoms with Crippen molar-refractivity contribution in [2.24, 2.45) is 4.99 Å². The predicted octanol–water partition coefficient (Wildman–Crippen LogP) is 7.56. The lowest BCUT2D eigenvalue weighted by Gasteiger charge is -2.14. The first-order valence-corrected chi connectivity index (χ1v) is 13.6. The van der Waals surface area contributed by atoms with E-state index in [0.717, 1.165) is 75.6 Å². The van der Waals surface area contributed by atoms with Gasteiger partial charge < -0.3 is 9.88 Å². The Morgan fingerprint density at radius 2 is 1.74 bits per heavy atom. The van der Waals surface area contributed by atoms with Crippen molar-refractivity contribution in [3.8, 4) is 5.00 Å². The van der Waals surface area contributed by atoms with E-state index in [-0.39, 0.29) is 11.6 Å². The molecule has 2 aromatic heterocycles. The number of aliphatic imine (C=N–C) groups is 1. The maximum Gasteiger partial charge on any atom is 0.295 e. The van der Waals surface area contributed by atoms with Crippen molar-refractivity contribution >= 4 is 40.5 Å². The Bertz CT molecular complexity index is 1580. The summed E-state index contributed by atoms with van der Waals surface area (Å²) in [5, 5.41) is 15.6.